The molecular formula is C17H14F2N2. The lowest BCUT2D eigenvalue weighted by Crippen LogP contribution is -2.09. The summed E-state index contributed by atoms with van der Waals surface area (Å²) in [6, 6.07) is 11.1. The lowest BCUT2D eigenvalue weighted by Gasteiger charge is -2.18. The summed E-state index contributed by atoms with van der Waals surface area (Å²) in [5.41, 5.74) is 1.30. The van der Waals surface area contributed by atoms with Crippen LogP contribution in [0.15, 0.2) is 54.9 Å². The van der Waals surface area contributed by atoms with Gasteiger partial charge in [0.05, 0.1) is 6.04 Å². The maximum atomic E-state index is 13.8. The van der Waals surface area contributed by atoms with E-state index in [1.54, 1.807) is 12.4 Å². The lowest BCUT2D eigenvalue weighted by atomic mass is 10.1. The van der Waals surface area contributed by atoms with Gasteiger partial charge in [0.25, 0.3) is 0 Å². The molecule has 0 aliphatic heterocycles. The van der Waals surface area contributed by atoms with E-state index >= 15 is 0 Å². The summed E-state index contributed by atoms with van der Waals surface area (Å²) in [5, 5.41) is 5.28. The molecule has 0 fully saturated rings. The maximum Gasteiger partial charge on any atom is 0.131 e. The molecule has 1 aromatic heterocycles. The van der Waals surface area contributed by atoms with Gasteiger partial charge in [0.15, 0.2) is 0 Å². The standard InChI is InChI=1S/C17H14F2N2/c1-11(14-6-5-13(18)9-16(14)19)21-17-4-2-3-12-7-8-20-10-15(12)17/h2-11,21H,1H3. The summed E-state index contributed by atoms with van der Waals surface area (Å²) < 4.78 is 26.8. The largest absolute Gasteiger partial charge is 0.378 e. The second-order valence-corrected chi connectivity index (χ2v) is 4.93. The molecule has 2 aromatic carbocycles. The Morgan fingerprint density at radius 1 is 1.10 bits per heavy atom. The van der Waals surface area contributed by atoms with Crippen molar-refractivity contribution >= 4 is 16.5 Å². The molecule has 0 radical (unpaired) electrons. The molecule has 21 heavy (non-hydrogen) atoms. The molecule has 2 nitrogen and oxygen atoms in total. The van der Waals surface area contributed by atoms with Crippen LogP contribution in [0.4, 0.5) is 14.5 Å². The lowest BCUT2D eigenvalue weighted by molar-refractivity contribution is 0.566. The van der Waals surface area contributed by atoms with Crippen LogP contribution in [0.1, 0.15) is 18.5 Å². The second kappa shape index (κ2) is 5.48. The first-order valence-electron chi connectivity index (χ1n) is 6.69. The van der Waals surface area contributed by atoms with Crippen molar-refractivity contribution in [1.82, 2.24) is 4.98 Å². The van der Waals surface area contributed by atoms with E-state index in [2.05, 4.69) is 10.3 Å². The van der Waals surface area contributed by atoms with Gasteiger partial charge in [-0.25, -0.2) is 8.78 Å². The highest BCUT2D eigenvalue weighted by Gasteiger charge is 2.12. The monoisotopic (exact) mass is 284 g/mol. The zero-order valence-corrected chi connectivity index (χ0v) is 11.5. The van der Waals surface area contributed by atoms with Crippen LogP contribution in [0, 0.1) is 11.6 Å². The van der Waals surface area contributed by atoms with Crippen molar-refractivity contribution in [3.63, 3.8) is 0 Å². The molecule has 1 unspecified atom stereocenters. The predicted molar refractivity (Wildman–Crippen MR) is 80.1 cm³/mol. The number of pyridine rings is 1. The Morgan fingerprint density at radius 3 is 2.76 bits per heavy atom. The van der Waals surface area contributed by atoms with Gasteiger partial charge < -0.3 is 5.32 Å². The van der Waals surface area contributed by atoms with E-state index in [0.717, 1.165) is 22.5 Å². The van der Waals surface area contributed by atoms with Crippen LogP contribution in [0.5, 0.6) is 0 Å². The molecule has 106 valence electrons. The zero-order chi connectivity index (χ0) is 14.8. The van der Waals surface area contributed by atoms with Gasteiger partial charge >= 0.3 is 0 Å². The third-order valence-electron chi connectivity index (χ3n) is 3.48. The molecule has 0 aliphatic carbocycles. The number of nitrogens with zero attached hydrogens (tertiary/aromatic N) is 1. The van der Waals surface area contributed by atoms with Crippen molar-refractivity contribution in [3.8, 4) is 0 Å². The van der Waals surface area contributed by atoms with Crippen LogP contribution in [-0.4, -0.2) is 4.98 Å². The van der Waals surface area contributed by atoms with E-state index in [-0.39, 0.29) is 6.04 Å². The molecular weight excluding hydrogens is 270 g/mol. The minimum Gasteiger partial charge on any atom is -0.378 e. The number of nitrogens with one attached hydrogen (secondary N) is 1. The molecule has 0 bridgehead atoms. The number of anilines is 1. The van der Waals surface area contributed by atoms with Crippen molar-refractivity contribution in [1.29, 1.82) is 0 Å². The van der Waals surface area contributed by atoms with Gasteiger partial charge in [0.1, 0.15) is 11.6 Å². The first-order chi connectivity index (χ1) is 10.1. The highest BCUT2D eigenvalue weighted by atomic mass is 19.1. The Labute approximate surface area is 121 Å². The van der Waals surface area contributed by atoms with Crippen molar-refractivity contribution in [3.05, 3.63) is 72.1 Å². The summed E-state index contributed by atoms with van der Waals surface area (Å²) in [5.74, 6) is -1.12. The van der Waals surface area contributed by atoms with E-state index < -0.39 is 11.6 Å². The normalized spacial score (nSPS) is 12.3. The van der Waals surface area contributed by atoms with Crippen molar-refractivity contribution in [2.75, 3.05) is 5.32 Å². The Hall–Kier alpha value is -2.49. The van der Waals surface area contributed by atoms with E-state index in [4.69, 9.17) is 0 Å². The second-order valence-electron chi connectivity index (χ2n) is 4.93. The maximum absolute atomic E-state index is 13.8. The number of fused-ring (bicyclic) bond motifs is 1. The third kappa shape index (κ3) is 2.70. The first kappa shape index (κ1) is 13.5. The number of benzene rings is 2. The van der Waals surface area contributed by atoms with Gasteiger partial charge in [-0.15, -0.1) is 0 Å². The van der Waals surface area contributed by atoms with Crippen LogP contribution >= 0.6 is 0 Å². The number of halogens is 2. The molecule has 3 aromatic rings. The van der Waals surface area contributed by atoms with Gasteiger partial charge in [0.2, 0.25) is 0 Å². The first-order valence-corrected chi connectivity index (χ1v) is 6.69. The molecule has 0 amide bonds. The van der Waals surface area contributed by atoms with Crippen LogP contribution in [0.2, 0.25) is 0 Å². The fourth-order valence-electron chi connectivity index (χ4n) is 2.40. The van der Waals surface area contributed by atoms with Crippen LogP contribution < -0.4 is 5.32 Å². The van der Waals surface area contributed by atoms with Gasteiger partial charge in [-0.2, -0.15) is 0 Å². The molecule has 0 saturated heterocycles. The topological polar surface area (TPSA) is 24.9 Å². The summed E-state index contributed by atoms with van der Waals surface area (Å²) in [4.78, 5) is 4.12. The molecule has 0 saturated carbocycles. The molecule has 0 spiro atoms. The van der Waals surface area contributed by atoms with Crippen molar-refractivity contribution < 1.29 is 8.78 Å². The van der Waals surface area contributed by atoms with Gasteiger partial charge in [-0.05, 0) is 30.5 Å². The van der Waals surface area contributed by atoms with Crippen LogP contribution in [0.3, 0.4) is 0 Å². The van der Waals surface area contributed by atoms with Crippen molar-refractivity contribution in [2.45, 2.75) is 13.0 Å². The zero-order valence-electron chi connectivity index (χ0n) is 11.5. The predicted octanol–water partition coefficient (Wildman–Crippen LogP) is 4.69. The highest BCUT2D eigenvalue weighted by molar-refractivity contribution is 5.93. The van der Waals surface area contributed by atoms with Crippen LogP contribution in [-0.2, 0) is 0 Å². The van der Waals surface area contributed by atoms with Gasteiger partial charge in [0, 0.05) is 35.1 Å². The minimum atomic E-state index is -0.571. The van der Waals surface area contributed by atoms with E-state index in [1.165, 1.54) is 12.1 Å². The SMILES string of the molecule is CC(Nc1cccc2ccncc12)c1ccc(F)cc1F. The smallest absolute Gasteiger partial charge is 0.131 e. The van der Waals surface area contributed by atoms with Gasteiger partial charge in [-0.3, -0.25) is 4.98 Å². The molecule has 1 atom stereocenters. The molecule has 0 aliphatic rings. The molecule has 3 rings (SSSR count). The van der Waals surface area contributed by atoms with Crippen molar-refractivity contribution in [2.24, 2.45) is 0 Å². The quantitative estimate of drug-likeness (QED) is 0.755. The minimum absolute atomic E-state index is 0.281. The van der Waals surface area contributed by atoms with Gasteiger partial charge in [-0.1, -0.05) is 18.2 Å². The summed E-state index contributed by atoms with van der Waals surface area (Å²) in [6.07, 6.45) is 3.50. The fourth-order valence-corrected chi connectivity index (χ4v) is 2.40. The number of aromatic nitrogens is 1. The highest BCUT2D eigenvalue weighted by Crippen LogP contribution is 2.27. The number of rotatable bonds is 3. The van der Waals surface area contributed by atoms with Crippen LogP contribution in [0.25, 0.3) is 10.8 Å². The summed E-state index contributed by atoms with van der Waals surface area (Å²) >= 11 is 0. The Morgan fingerprint density at radius 2 is 1.95 bits per heavy atom. The van der Waals surface area contributed by atoms with E-state index in [1.807, 2.05) is 31.2 Å². The Balaban J connectivity index is 1.94. The fraction of sp³-hybridized carbons (Fsp3) is 0.118. The van der Waals surface area contributed by atoms with E-state index in [9.17, 15) is 8.78 Å². The molecule has 1 N–H and O–H groups in total. The summed E-state index contributed by atoms with van der Waals surface area (Å²) in [6.45, 7) is 1.84. The number of hydrogen-bond acceptors (Lipinski definition) is 2. The Bertz CT molecular complexity index is 781. The summed E-state index contributed by atoms with van der Waals surface area (Å²) in [7, 11) is 0. The average molecular weight is 284 g/mol. The number of hydrogen-bond donors (Lipinski definition) is 1. The Kier molecular flexibility index (Phi) is 3.52. The molecule has 1 heterocycles. The molecule has 4 heteroatoms. The van der Waals surface area contributed by atoms with E-state index in [0.29, 0.717) is 5.56 Å². The average Bonchev–Trinajstić information content (AvgIpc) is 2.47. The third-order valence-corrected chi connectivity index (χ3v) is 3.48.